The third-order valence-electron chi connectivity index (χ3n) is 3.17. The van der Waals surface area contributed by atoms with Gasteiger partial charge in [0.05, 0.1) is 0 Å². The van der Waals surface area contributed by atoms with Crippen molar-refractivity contribution in [1.29, 1.82) is 0 Å². The van der Waals surface area contributed by atoms with Gasteiger partial charge in [0.25, 0.3) is 0 Å². The lowest BCUT2D eigenvalue weighted by Crippen LogP contribution is -2.32. The van der Waals surface area contributed by atoms with Gasteiger partial charge in [-0.2, -0.15) is 0 Å². The number of nitrogens with two attached hydrogens (primary N) is 1. The fraction of sp³-hybridized carbons (Fsp3) is 0.500. The minimum atomic E-state index is 0.130. The molecule has 0 unspecified atom stereocenters. The van der Waals surface area contributed by atoms with Gasteiger partial charge in [-0.15, -0.1) is 0 Å². The summed E-state index contributed by atoms with van der Waals surface area (Å²) in [7, 11) is 1.84. The molecule has 0 saturated carbocycles. The van der Waals surface area contributed by atoms with E-state index in [1.807, 2.05) is 31.3 Å². The van der Waals surface area contributed by atoms with E-state index < -0.39 is 0 Å². The van der Waals surface area contributed by atoms with Crippen LogP contribution in [0, 0.1) is 5.92 Å². The van der Waals surface area contributed by atoms with Crippen LogP contribution in [-0.2, 0) is 11.3 Å². The number of carbonyl (C=O) groups is 1. The lowest BCUT2D eigenvalue weighted by atomic mass is 10.0. The second kappa shape index (κ2) is 6.28. The van der Waals surface area contributed by atoms with Gasteiger partial charge in [0.15, 0.2) is 0 Å². The SMILES string of the molecule is CCC(CC)C(=O)N(C)Cc1ccccc1N. The van der Waals surface area contributed by atoms with E-state index in [9.17, 15) is 4.79 Å². The first-order chi connectivity index (χ1) is 8.10. The number of nitrogen functional groups attached to an aromatic ring is 1. The highest BCUT2D eigenvalue weighted by atomic mass is 16.2. The van der Waals surface area contributed by atoms with Crippen molar-refractivity contribution in [2.45, 2.75) is 33.2 Å². The van der Waals surface area contributed by atoms with Crippen LogP contribution in [0.4, 0.5) is 5.69 Å². The van der Waals surface area contributed by atoms with Crippen molar-refractivity contribution in [1.82, 2.24) is 4.90 Å². The zero-order valence-electron chi connectivity index (χ0n) is 10.9. The molecule has 17 heavy (non-hydrogen) atoms. The smallest absolute Gasteiger partial charge is 0.225 e. The topological polar surface area (TPSA) is 46.3 Å². The molecule has 3 nitrogen and oxygen atoms in total. The molecular weight excluding hydrogens is 212 g/mol. The van der Waals surface area contributed by atoms with Crippen molar-refractivity contribution >= 4 is 11.6 Å². The summed E-state index contributed by atoms with van der Waals surface area (Å²) in [5, 5.41) is 0. The molecule has 0 fully saturated rings. The minimum Gasteiger partial charge on any atom is -0.398 e. The Hall–Kier alpha value is -1.51. The second-order valence-electron chi connectivity index (χ2n) is 4.41. The standard InChI is InChI=1S/C14H22N2O/c1-4-11(5-2)14(17)16(3)10-12-8-6-7-9-13(12)15/h6-9,11H,4-5,10,15H2,1-3H3. The molecule has 0 spiro atoms. The Morgan fingerprint density at radius 1 is 1.29 bits per heavy atom. The van der Waals surface area contributed by atoms with Gasteiger partial charge in [-0.25, -0.2) is 0 Å². The highest BCUT2D eigenvalue weighted by Crippen LogP contribution is 2.16. The van der Waals surface area contributed by atoms with E-state index in [0.717, 1.165) is 24.1 Å². The van der Waals surface area contributed by atoms with Crippen molar-refractivity contribution < 1.29 is 4.79 Å². The van der Waals surface area contributed by atoms with Crippen LogP contribution in [0.1, 0.15) is 32.3 Å². The van der Waals surface area contributed by atoms with Gasteiger partial charge in [0.1, 0.15) is 0 Å². The third kappa shape index (κ3) is 3.48. The lowest BCUT2D eigenvalue weighted by Gasteiger charge is -2.22. The highest BCUT2D eigenvalue weighted by molar-refractivity contribution is 5.78. The van der Waals surface area contributed by atoms with Gasteiger partial charge in [-0.1, -0.05) is 32.0 Å². The van der Waals surface area contributed by atoms with Crippen molar-refractivity contribution in [3.8, 4) is 0 Å². The number of hydrogen-bond donors (Lipinski definition) is 1. The first-order valence-electron chi connectivity index (χ1n) is 6.18. The predicted molar refractivity (Wildman–Crippen MR) is 71.4 cm³/mol. The maximum absolute atomic E-state index is 12.1. The van der Waals surface area contributed by atoms with Crippen LogP contribution in [0.2, 0.25) is 0 Å². The molecule has 1 aromatic rings. The Bertz CT molecular complexity index is 372. The van der Waals surface area contributed by atoms with Gasteiger partial charge in [0.2, 0.25) is 5.91 Å². The van der Waals surface area contributed by atoms with E-state index in [1.54, 1.807) is 4.90 Å². The van der Waals surface area contributed by atoms with Crippen LogP contribution < -0.4 is 5.73 Å². The number of benzene rings is 1. The van der Waals surface area contributed by atoms with Crippen molar-refractivity contribution in [2.24, 2.45) is 5.92 Å². The summed E-state index contributed by atoms with van der Waals surface area (Å²) in [5.41, 5.74) is 7.63. The fourth-order valence-corrected chi connectivity index (χ4v) is 1.96. The zero-order valence-corrected chi connectivity index (χ0v) is 10.9. The summed E-state index contributed by atoms with van der Waals surface area (Å²) in [6.45, 7) is 4.69. The normalized spacial score (nSPS) is 10.6. The number of nitrogens with zero attached hydrogens (tertiary/aromatic N) is 1. The van der Waals surface area contributed by atoms with Crippen LogP contribution in [0.5, 0.6) is 0 Å². The van der Waals surface area contributed by atoms with Crippen molar-refractivity contribution in [2.75, 3.05) is 12.8 Å². The molecule has 0 bridgehead atoms. The van der Waals surface area contributed by atoms with Crippen molar-refractivity contribution in [3.05, 3.63) is 29.8 Å². The third-order valence-corrected chi connectivity index (χ3v) is 3.17. The van der Waals surface area contributed by atoms with E-state index in [0.29, 0.717) is 6.54 Å². The number of hydrogen-bond acceptors (Lipinski definition) is 2. The molecule has 0 atom stereocenters. The van der Waals surface area contributed by atoms with Gasteiger partial charge in [-0.3, -0.25) is 4.79 Å². The monoisotopic (exact) mass is 234 g/mol. The molecule has 0 radical (unpaired) electrons. The summed E-state index contributed by atoms with van der Waals surface area (Å²) in [4.78, 5) is 13.9. The first kappa shape index (κ1) is 13.6. The number of rotatable bonds is 5. The molecule has 0 saturated heterocycles. The van der Waals surface area contributed by atoms with Crippen LogP contribution in [0.15, 0.2) is 24.3 Å². The van der Waals surface area contributed by atoms with E-state index in [4.69, 9.17) is 5.73 Å². The molecule has 1 rings (SSSR count). The predicted octanol–water partition coefficient (Wildman–Crippen LogP) is 2.66. The Morgan fingerprint density at radius 2 is 1.88 bits per heavy atom. The summed E-state index contributed by atoms with van der Waals surface area (Å²) >= 11 is 0. The lowest BCUT2D eigenvalue weighted by molar-refractivity contribution is -0.134. The summed E-state index contributed by atoms with van der Waals surface area (Å²) in [5.74, 6) is 0.336. The zero-order chi connectivity index (χ0) is 12.8. The Kier molecular flexibility index (Phi) is 5.01. The number of carbonyl (C=O) groups excluding carboxylic acids is 1. The molecule has 0 aliphatic heterocycles. The van der Waals surface area contributed by atoms with Crippen molar-refractivity contribution in [3.63, 3.8) is 0 Å². The maximum atomic E-state index is 12.1. The molecule has 1 amide bonds. The summed E-state index contributed by atoms with van der Waals surface area (Å²) in [6.07, 6.45) is 1.79. The van der Waals surface area contributed by atoms with Crippen LogP contribution >= 0.6 is 0 Å². The molecule has 0 aliphatic rings. The average Bonchev–Trinajstić information content (AvgIpc) is 2.33. The molecular formula is C14H22N2O. The molecule has 3 heteroatoms. The molecule has 94 valence electrons. The van der Waals surface area contributed by atoms with Crippen LogP contribution in [0.3, 0.4) is 0 Å². The van der Waals surface area contributed by atoms with E-state index in [1.165, 1.54) is 0 Å². The van der Waals surface area contributed by atoms with Gasteiger partial charge < -0.3 is 10.6 Å². The molecule has 0 aliphatic carbocycles. The number of amides is 1. The Labute approximate surface area is 104 Å². The fourth-order valence-electron chi connectivity index (χ4n) is 1.96. The quantitative estimate of drug-likeness (QED) is 0.796. The van der Waals surface area contributed by atoms with Crippen LogP contribution in [-0.4, -0.2) is 17.9 Å². The molecule has 2 N–H and O–H groups in total. The number of anilines is 1. The first-order valence-corrected chi connectivity index (χ1v) is 6.18. The minimum absolute atomic E-state index is 0.130. The highest BCUT2D eigenvalue weighted by Gasteiger charge is 2.18. The molecule has 1 aromatic carbocycles. The second-order valence-corrected chi connectivity index (χ2v) is 4.41. The maximum Gasteiger partial charge on any atom is 0.225 e. The van der Waals surface area contributed by atoms with E-state index >= 15 is 0 Å². The largest absolute Gasteiger partial charge is 0.398 e. The summed E-state index contributed by atoms with van der Waals surface area (Å²) in [6, 6.07) is 7.68. The van der Waals surface area contributed by atoms with E-state index in [2.05, 4.69) is 13.8 Å². The van der Waals surface area contributed by atoms with Gasteiger partial charge in [-0.05, 0) is 24.5 Å². The summed E-state index contributed by atoms with van der Waals surface area (Å²) < 4.78 is 0. The Morgan fingerprint density at radius 3 is 2.41 bits per heavy atom. The molecule has 0 heterocycles. The number of para-hydroxylation sites is 1. The van der Waals surface area contributed by atoms with Gasteiger partial charge >= 0.3 is 0 Å². The van der Waals surface area contributed by atoms with Gasteiger partial charge in [0, 0.05) is 25.2 Å². The van der Waals surface area contributed by atoms with Crippen LogP contribution in [0.25, 0.3) is 0 Å². The van der Waals surface area contributed by atoms with E-state index in [-0.39, 0.29) is 11.8 Å². The Balaban J connectivity index is 2.69. The molecule has 0 aromatic heterocycles. The average molecular weight is 234 g/mol.